The minimum absolute atomic E-state index is 0.00487. The van der Waals surface area contributed by atoms with Crippen LogP contribution in [0.3, 0.4) is 0 Å². The fourth-order valence-electron chi connectivity index (χ4n) is 4.88. The van der Waals surface area contributed by atoms with E-state index in [1.54, 1.807) is 36.7 Å². The van der Waals surface area contributed by atoms with Gasteiger partial charge in [0.25, 0.3) is 0 Å². The molecular weight excluding hydrogens is 580 g/mol. The van der Waals surface area contributed by atoms with Crippen molar-refractivity contribution in [3.63, 3.8) is 0 Å². The summed E-state index contributed by atoms with van der Waals surface area (Å²) in [5.74, 6) is -4.13. The first-order chi connectivity index (χ1) is 21.6. The molecule has 4 aromatic rings. The van der Waals surface area contributed by atoms with Crippen LogP contribution in [-0.4, -0.2) is 73.8 Å². The molecule has 2 heterocycles. The van der Waals surface area contributed by atoms with Gasteiger partial charge in [-0.05, 0) is 23.6 Å². The molecule has 0 saturated carbocycles. The second-order valence-electron chi connectivity index (χ2n) is 10.7. The summed E-state index contributed by atoms with van der Waals surface area (Å²) in [6.07, 6.45) is 4.46. The number of aliphatic carboxylic acids is 1. The number of aromatic nitrogens is 3. The number of hydrogen-bond donors (Lipinski definition) is 8. The van der Waals surface area contributed by atoms with E-state index in [-0.39, 0.29) is 32.1 Å². The fourth-order valence-corrected chi connectivity index (χ4v) is 4.88. The van der Waals surface area contributed by atoms with Gasteiger partial charge in [0.05, 0.1) is 12.4 Å². The van der Waals surface area contributed by atoms with Crippen LogP contribution < -0.4 is 27.4 Å². The minimum Gasteiger partial charge on any atom is -0.480 e. The summed E-state index contributed by atoms with van der Waals surface area (Å²) in [5, 5.41) is 18.3. The highest BCUT2D eigenvalue weighted by Crippen LogP contribution is 2.19. The molecule has 45 heavy (non-hydrogen) atoms. The van der Waals surface area contributed by atoms with Crippen LogP contribution in [0.4, 0.5) is 0 Å². The van der Waals surface area contributed by atoms with Crippen LogP contribution in [-0.2, 0) is 43.2 Å². The summed E-state index contributed by atoms with van der Waals surface area (Å²) in [5.41, 5.74) is 14.2. The van der Waals surface area contributed by atoms with Crippen LogP contribution in [0.15, 0.2) is 73.3 Å². The number of para-hydroxylation sites is 1. The van der Waals surface area contributed by atoms with Crippen LogP contribution >= 0.6 is 0 Å². The molecule has 4 amide bonds. The van der Waals surface area contributed by atoms with Gasteiger partial charge < -0.3 is 42.5 Å². The number of benzene rings is 2. The number of imidazole rings is 1. The van der Waals surface area contributed by atoms with Crippen molar-refractivity contribution in [1.29, 1.82) is 0 Å². The molecule has 0 saturated heterocycles. The molecule has 0 radical (unpaired) electrons. The number of carboxylic acid groups (broad SMARTS) is 1. The number of carboxylic acids is 1. The van der Waals surface area contributed by atoms with Crippen molar-refractivity contribution < 1.29 is 29.1 Å². The Morgan fingerprint density at radius 3 is 2.11 bits per heavy atom. The fraction of sp³-hybridized carbons (Fsp3) is 0.290. The number of carbonyl (C=O) groups excluding carboxylic acids is 4. The maximum atomic E-state index is 13.8. The second kappa shape index (κ2) is 15.3. The van der Waals surface area contributed by atoms with E-state index in [0.29, 0.717) is 11.3 Å². The Hall–Kier alpha value is -5.50. The number of hydrogen-bond acceptors (Lipinski definition) is 7. The molecule has 4 atom stereocenters. The molecule has 14 heteroatoms. The number of fused-ring (bicyclic) bond motifs is 1. The average molecular weight is 617 g/mol. The Kier molecular flexibility index (Phi) is 11.0. The summed E-state index contributed by atoms with van der Waals surface area (Å²) in [6.45, 7) is 0. The Labute approximate surface area is 258 Å². The average Bonchev–Trinajstić information content (AvgIpc) is 3.68. The van der Waals surface area contributed by atoms with Gasteiger partial charge in [0, 0.05) is 54.7 Å². The summed E-state index contributed by atoms with van der Waals surface area (Å²) >= 11 is 0. The topological polar surface area (TPSA) is 238 Å². The first kappa shape index (κ1) is 32.4. The van der Waals surface area contributed by atoms with Crippen LogP contribution in [0.1, 0.15) is 29.7 Å². The third-order valence-corrected chi connectivity index (χ3v) is 7.27. The van der Waals surface area contributed by atoms with Gasteiger partial charge in [-0.2, -0.15) is 0 Å². The van der Waals surface area contributed by atoms with Crippen LogP contribution in [0.2, 0.25) is 0 Å². The molecule has 2 aromatic heterocycles. The molecule has 236 valence electrons. The number of aromatic amines is 2. The molecular formula is C31H36N8O6. The van der Waals surface area contributed by atoms with E-state index in [1.165, 1.54) is 6.33 Å². The minimum atomic E-state index is -1.42. The van der Waals surface area contributed by atoms with E-state index in [4.69, 9.17) is 11.5 Å². The van der Waals surface area contributed by atoms with Gasteiger partial charge in [0.15, 0.2) is 0 Å². The highest BCUT2D eigenvalue weighted by atomic mass is 16.4. The second-order valence-corrected chi connectivity index (χ2v) is 10.7. The van der Waals surface area contributed by atoms with E-state index in [9.17, 15) is 29.1 Å². The molecule has 0 aliphatic rings. The normalized spacial score (nSPS) is 13.7. The lowest BCUT2D eigenvalue weighted by Crippen LogP contribution is -2.58. The van der Waals surface area contributed by atoms with Crippen molar-refractivity contribution in [2.24, 2.45) is 11.5 Å². The third kappa shape index (κ3) is 9.24. The van der Waals surface area contributed by atoms with E-state index >= 15 is 0 Å². The first-order valence-electron chi connectivity index (χ1n) is 14.3. The molecule has 0 aliphatic heterocycles. The lowest BCUT2D eigenvalue weighted by molar-refractivity contribution is -0.142. The Morgan fingerprint density at radius 2 is 1.44 bits per heavy atom. The van der Waals surface area contributed by atoms with Gasteiger partial charge in [0.2, 0.25) is 23.6 Å². The predicted molar refractivity (Wildman–Crippen MR) is 164 cm³/mol. The quantitative estimate of drug-likeness (QED) is 0.0854. The zero-order chi connectivity index (χ0) is 32.3. The number of primary amides is 1. The first-order valence-corrected chi connectivity index (χ1v) is 14.3. The van der Waals surface area contributed by atoms with E-state index < -0.39 is 53.8 Å². The van der Waals surface area contributed by atoms with E-state index in [2.05, 4.69) is 30.9 Å². The number of nitrogens with zero attached hydrogens (tertiary/aromatic N) is 1. The highest BCUT2D eigenvalue weighted by molar-refractivity contribution is 5.95. The van der Waals surface area contributed by atoms with Crippen molar-refractivity contribution in [2.75, 3.05) is 0 Å². The number of nitrogens with one attached hydrogen (secondary N) is 5. The maximum Gasteiger partial charge on any atom is 0.326 e. The Morgan fingerprint density at radius 1 is 0.800 bits per heavy atom. The number of carbonyl (C=O) groups is 5. The van der Waals surface area contributed by atoms with Crippen molar-refractivity contribution in [2.45, 2.75) is 56.3 Å². The third-order valence-electron chi connectivity index (χ3n) is 7.27. The van der Waals surface area contributed by atoms with Gasteiger partial charge >= 0.3 is 5.97 Å². The Balaban J connectivity index is 1.58. The van der Waals surface area contributed by atoms with Crippen LogP contribution in [0, 0.1) is 0 Å². The number of amides is 4. The lowest BCUT2D eigenvalue weighted by atomic mass is 10.0. The van der Waals surface area contributed by atoms with Gasteiger partial charge in [-0.3, -0.25) is 19.2 Å². The van der Waals surface area contributed by atoms with Gasteiger partial charge in [-0.25, -0.2) is 9.78 Å². The van der Waals surface area contributed by atoms with Crippen molar-refractivity contribution in [1.82, 2.24) is 30.9 Å². The standard InChI is InChI=1S/C31H36N8O6/c32-22(14-20-16-34-17-36-20)28(41)38-25(12-18-6-2-1-3-7-18)29(42)39-26(13-19-15-35-23-9-5-4-8-21(19)23)30(43)37-24(31(44)45)10-11-27(33)40/h1-9,15-17,22,24-26,35H,10-14,32H2,(H2,33,40)(H,34,36)(H,37,43)(H,38,41)(H,39,42)(H,44,45). The Bertz CT molecular complexity index is 1620. The zero-order valence-corrected chi connectivity index (χ0v) is 24.4. The zero-order valence-electron chi connectivity index (χ0n) is 24.4. The lowest BCUT2D eigenvalue weighted by Gasteiger charge is -2.25. The molecule has 4 unspecified atom stereocenters. The van der Waals surface area contributed by atoms with Crippen molar-refractivity contribution in [3.05, 3.63) is 90.1 Å². The van der Waals surface area contributed by atoms with Crippen LogP contribution in [0.5, 0.6) is 0 Å². The SMILES string of the molecule is NC(=O)CCC(NC(=O)C(Cc1c[nH]c2ccccc12)NC(=O)C(Cc1ccccc1)NC(=O)C(N)Cc1cnc[nH]1)C(=O)O. The highest BCUT2D eigenvalue weighted by Gasteiger charge is 2.31. The van der Waals surface area contributed by atoms with Gasteiger partial charge in [0.1, 0.15) is 18.1 Å². The summed E-state index contributed by atoms with van der Waals surface area (Å²) in [4.78, 5) is 73.6. The molecule has 2 aromatic carbocycles. The van der Waals surface area contributed by atoms with Crippen molar-refractivity contribution >= 4 is 40.5 Å². The molecule has 0 spiro atoms. The molecule has 14 nitrogen and oxygen atoms in total. The molecule has 0 fully saturated rings. The molecule has 10 N–H and O–H groups in total. The van der Waals surface area contributed by atoms with Gasteiger partial charge in [-0.15, -0.1) is 0 Å². The number of nitrogens with two attached hydrogens (primary N) is 2. The summed E-state index contributed by atoms with van der Waals surface area (Å²) in [7, 11) is 0. The van der Waals surface area contributed by atoms with Crippen molar-refractivity contribution in [3.8, 4) is 0 Å². The maximum absolute atomic E-state index is 13.8. The van der Waals surface area contributed by atoms with E-state index in [1.807, 2.05) is 30.3 Å². The molecule has 4 rings (SSSR count). The smallest absolute Gasteiger partial charge is 0.326 e. The number of H-pyrrole nitrogens is 2. The number of rotatable bonds is 16. The summed E-state index contributed by atoms with van der Waals surface area (Å²) < 4.78 is 0. The largest absolute Gasteiger partial charge is 0.480 e. The van der Waals surface area contributed by atoms with Gasteiger partial charge in [-0.1, -0.05) is 48.5 Å². The van der Waals surface area contributed by atoms with Crippen LogP contribution in [0.25, 0.3) is 10.9 Å². The molecule has 0 aliphatic carbocycles. The summed E-state index contributed by atoms with van der Waals surface area (Å²) in [6, 6.07) is 11.6. The predicted octanol–water partition coefficient (Wildman–Crippen LogP) is 0.0507. The monoisotopic (exact) mass is 616 g/mol. The van der Waals surface area contributed by atoms with E-state index in [0.717, 1.165) is 16.5 Å². The molecule has 0 bridgehead atoms.